The molecule has 3 amide bonds. The van der Waals surface area contributed by atoms with Crippen molar-refractivity contribution in [2.45, 2.75) is 4.90 Å². The Kier molecular flexibility index (Phi) is 7.89. The van der Waals surface area contributed by atoms with Crippen LogP contribution in [0.5, 0.6) is 11.5 Å². The monoisotopic (exact) mass is 498 g/mol. The quantitative estimate of drug-likeness (QED) is 0.324. The van der Waals surface area contributed by atoms with Gasteiger partial charge in [0.25, 0.3) is 21.8 Å². The number of ether oxygens (including phenoxy) is 2. The molecule has 12 heteroatoms. The van der Waals surface area contributed by atoms with Gasteiger partial charge in [0.1, 0.15) is 11.5 Å². The van der Waals surface area contributed by atoms with E-state index in [2.05, 4.69) is 15.6 Å². The number of primary amides is 1. The minimum Gasteiger partial charge on any atom is -0.497 e. The van der Waals surface area contributed by atoms with Gasteiger partial charge >= 0.3 is 0 Å². The third-order valence-electron chi connectivity index (χ3n) is 4.57. The van der Waals surface area contributed by atoms with E-state index in [-0.39, 0.29) is 16.0 Å². The fourth-order valence-corrected chi connectivity index (χ4v) is 3.88. The van der Waals surface area contributed by atoms with Gasteiger partial charge in [0.05, 0.1) is 12.0 Å². The highest BCUT2D eigenvalue weighted by Crippen LogP contribution is 2.20. The lowest BCUT2D eigenvalue weighted by Gasteiger charge is -2.11. The number of rotatable bonds is 9. The van der Waals surface area contributed by atoms with Crippen molar-refractivity contribution in [2.75, 3.05) is 18.4 Å². The molecular weight excluding hydrogens is 476 g/mol. The normalized spacial score (nSPS) is 10.7. The number of methoxy groups -OCH3 is 1. The number of hydrazine groups is 1. The summed E-state index contributed by atoms with van der Waals surface area (Å²) in [5.41, 5.74) is 10.1. The maximum atomic E-state index is 12.7. The third-order valence-corrected chi connectivity index (χ3v) is 5.95. The molecule has 0 unspecified atom stereocenters. The summed E-state index contributed by atoms with van der Waals surface area (Å²) in [5, 5.41) is 0. The van der Waals surface area contributed by atoms with Gasteiger partial charge in [-0.3, -0.25) is 30.0 Å². The molecule has 0 aliphatic rings. The lowest BCUT2D eigenvalue weighted by Crippen LogP contribution is -2.43. The summed E-state index contributed by atoms with van der Waals surface area (Å²) in [4.78, 5) is 35.3. The first kappa shape index (κ1) is 25.1. The van der Waals surface area contributed by atoms with E-state index in [0.29, 0.717) is 17.2 Å². The molecule has 0 heterocycles. The Balaban J connectivity index is 1.55. The largest absolute Gasteiger partial charge is 0.497 e. The summed E-state index contributed by atoms with van der Waals surface area (Å²) < 4.78 is 38.1. The van der Waals surface area contributed by atoms with Crippen LogP contribution in [0.3, 0.4) is 0 Å². The first-order valence-corrected chi connectivity index (χ1v) is 11.5. The van der Waals surface area contributed by atoms with Gasteiger partial charge in [0.2, 0.25) is 5.91 Å². The molecule has 0 spiro atoms. The molecule has 3 aromatic carbocycles. The van der Waals surface area contributed by atoms with E-state index in [1.54, 1.807) is 12.1 Å². The molecule has 0 saturated heterocycles. The number of carbonyl (C=O) groups is 3. The molecule has 0 bridgehead atoms. The summed E-state index contributed by atoms with van der Waals surface area (Å²) in [6, 6.07) is 17.4. The summed E-state index contributed by atoms with van der Waals surface area (Å²) in [6.45, 7) is -0.420. The molecule has 0 saturated carbocycles. The zero-order valence-corrected chi connectivity index (χ0v) is 19.3. The van der Waals surface area contributed by atoms with Gasteiger partial charge in [-0.1, -0.05) is 6.07 Å². The number of nitrogens with one attached hydrogen (secondary N) is 3. The number of sulfonamides is 1. The molecular formula is C23H22N4O7S. The molecule has 0 radical (unpaired) electrons. The van der Waals surface area contributed by atoms with Crippen LogP contribution in [0.15, 0.2) is 77.7 Å². The highest BCUT2D eigenvalue weighted by Gasteiger charge is 2.17. The Bertz CT molecular complexity index is 1320. The number of amides is 3. The van der Waals surface area contributed by atoms with Crippen LogP contribution in [-0.2, 0) is 14.8 Å². The van der Waals surface area contributed by atoms with Gasteiger partial charge in [-0.05, 0) is 66.7 Å². The van der Waals surface area contributed by atoms with Crippen molar-refractivity contribution in [3.8, 4) is 11.5 Å². The van der Waals surface area contributed by atoms with E-state index >= 15 is 0 Å². The molecule has 0 aliphatic heterocycles. The predicted molar refractivity (Wildman–Crippen MR) is 126 cm³/mol. The average molecular weight is 499 g/mol. The van der Waals surface area contributed by atoms with Crippen LogP contribution >= 0.6 is 0 Å². The zero-order chi connectivity index (χ0) is 25.4. The number of nitrogens with two attached hydrogens (primary N) is 1. The van der Waals surface area contributed by atoms with E-state index in [0.717, 1.165) is 0 Å². The van der Waals surface area contributed by atoms with Crippen molar-refractivity contribution in [3.05, 3.63) is 83.9 Å². The van der Waals surface area contributed by atoms with Gasteiger partial charge in [-0.25, -0.2) is 8.42 Å². The van der Waals surface area contributed by atoms with Crippen molar-refractivity contribution in [1.82, 2.24) is 10.9 Å². The smallest absolute Gasteiger partial charge is 0.276 e. The molecule has 3 aromatic rings. The summed E-state index contributed by atoms with van der Waals surface area (Å²) in [5.74, 6) is -1.10. The van der Waals surface area contributed by atoms with Gasteiger partial charge in [-0.15, -0.1) is 0 Å². The maximum Gasteiger partial charge on any atom is 0.276 e. The standard InChI is InChI=1S/C23H22N4O7S/c1-33-18-11-7-17(8-12-18)27-35(31,32)20-4-2-3-16(13-20)23(30)26-25-21(28)14-34-19-9-5-15(6-10-19)22(24)29/h2-13,27H,14H2,1H3,(H2,24,29)(H,25,28)(H,26,30). The Morgan fingerprint density at radius 1 is 0.857 bits per heavy atom. The minimum absolute atomic E-state index is 0.00543. The van der Waals surface area contributed by atoms with E-state index in [1.165, 1.54) is 67.8 Å². The number of hydrogen-bond donors (Lipinski definition) is 4. The fourth-order valence-electron chi connectivity index (χ4n) is 2.78. The molecule has 5 N–H and O–H groups in total. The highest BCUT2D eigenvalue weighted by atomic mass is 32.2. The van der Waals surface area contributed by atoms with Gasteiger partial charge in [0.15, 0.2) is 6.61 Å². The molecule has 0 aromatic heterocycles. The van der Waals surface area contributed by atoms with E-state index in [9.17, 15) is 22.8 Å². The van der Waals surface area contributed by atoms with Gasteiger partial charge < -0.3 is 15.2 Å². The molecule has 0 aliphatic carbocycles. The fraction of sp³-hybridized carbons (Fsp3) is 0.0870. The van der Waals surface area contributed by atoms with E-state index < -0.39 is 34.4 Å². The highest BCUT2D eigenvalue weighted by molar-refractivity contribution is 7.92. The summed E-state index contributed by atoms with van der Waals surface area (Å²) in [6.07, 6.45) is 0. The topological polar surface area (TPSA) is 166 Å². The predicted octanol–water partition coefficient (Wildman–Crippen LogP) is 1.43. The van der Waals surface area contributed by atoms with Crippen molar-refractivity contribution >= 4 is 33.4 Å². The van der Waals surface area contributed by atoms with Gasteiger partial charge in [0, 0.05) is 16.8 Å². The Morgan fingerprint density at radius 3 is 2.14 bits per heavy atom. The molecule has 0 atom stereocenters. The SMILES string of the molecule is COc1ccc(NS(=O)(=O)c2cccc(C(=O)NNC(=O)COc3ccc(C(N)=O)cc3)c2)cc1. The number of hydrogen-bond acceptors (Lipinski definition) is 7. The third kappa shape index (κ3) is 6.95. The molecule has 3 rings (SSSR count). The minimum atomic E-state index is -3.98. The number of benzene rings is 3. The van der Waals surface area contributed by atoms with Crippen LogP contribution < -0.4 is 30.8 Å². The second-order valence-electron chi connectivity index (χ2n) is 7.04. The Morgan fingerprint density at radius 2 is 1.51 bits per heavy atom. The summed E-state index contributed by atoms with van der Waals surface area (Å²) in [7, 11) is -2.48. The zero-order valence-electron chi connectivity index (χ0n) is 18.5. The number of carbonyl (C=O) groups excluding carboxylic acids is 3. The van der Waals surface area contributed by atoms with Crippen molar-refractivity contribution in [2.24, 2.45) is 5.73 Å². The van der Waals surface area contributed by atoms with Crippen LogP contribution in [0.4, 0.5) is 5.69 Å². The van der Waals surface area contributed by atoms with Gasteiger partial charge in [-0.2, -0.15) is 0 Å². The molecule has 0 fully saturated rings. The second-order valence-corrected chi connectivity index (χ2v) is 8.72. The first-order valence-electron chi connectivity index (χ1n) is 10.1. The van der Waals surface area contributed by atoms with Crippen molar-refractivity contribution in [1.29, 1.82) is 0 Å². The van der Waals surface area contributed by atoms with Crippen LogP contribution in [-0.4, -0.2) is 39.9 Å². The lowest BCUT2D eigenvalue weighted by molar-refractivity contribution is -0.123. The second kappa shape index (κ2) is 11.0. The number of anilines is 1. The van der Waals surface area contributed by atoms with Crippen LogP contribution in [0.25, 0.3) is 0 Å². The van der Waals surface area contributed by atoms with Crippen LogP contribution in [0.1, 0.15) is 20.7 Å². The molecule has 182 valence electrons. The van der Waals surface area contributed by atoms with Crippen LogP contribution in [0, 0.1) is 0 Å². The van der Waals surface area contributed by atoms with E-state index in [1.807, 2.05) is 0 Å². The molecule has 35 heavy (non-hydrogen) atoms. The average Bonchev–Trinajstić information content (AvgIpc) is 2.86. The summed E-state index contributed by atoms with van der Waals surface area (Å²) >= 11 is 0. The Hall–Kier alpha value is -4.58. The lowest BCUT2D eigenvalue weighted by atomic mass is 10.2. The van der Waals surface area contributed by atoms with Crippen molar-refractivity contribution in [3.63, 3.8) is 0 Å². The molecule has 11 nitrogen and oxygen atoms in total. The Labute approximate surface area is 201 Å². The van der Waals surface area contributed by atoms with Crippen LogP contribution in [0.2, 0.25) is 0 Å². The first-order chi connectivity index (χ1) is 16.7. The van der Waals surface area contributed by atoms with E-state index in [4.69, 9.17) is 15.2 Å². The van der Waals surface area contributed by atoms with Crippen molar-refractivity contribution < 1.29 is 32.3 Å². The maximum absolute atomic E-state index is 12.7.